The molecule has 3 nitrogen and oxygen atoms in total. The number of rotatable bonds is 4. The van der Waals surface area contributed by atoms with Crippen LogP contribution in [0.1, 0.15) is 19.8 Å². The number of hydrogen-bond donors (Lipinski definition) is 1. The third kappa shape index (κ3) is 3.56. The normalized spacial score (nSPS) is 27.5. The predicted octanol–water partition coefficient (Wildman–Crippen LogP) is 1.03. The second kappa shape index (κ2) is 5.50. The van der Waals surface area contributed by atoms with Crippen LogP contribution in [0, 0.1) is 0 Å². The Morgan fingerprint density at radius 3 is 3.00 bits per heavy atom. The van der Waals surface area contributed by atoms with Gasteiger partial charge in [0.05, 0.1) is 13.5 Å². The number of nitrogens with one attached hydrogen (secondary N) is 1. The molecule has 0 radical (unpaired) electrons. The van der Waals surface area contributed by atoms with Crippen LogP contribution in [0.15, 0.2) is 0 Å². The molecule has 0 bridgehead atoms. The van der Waals surface area contributed by atoms with Gasteiger partial charge in [0.1, 0.15) is 0 Å². The van der Waals surface area contributed by atoms with Crippen molar-refractivity contribution in [2.75, 3.05) is 19.4 Å². The third-order valence-electron chi connectivity index (χ3n) is 2.34. The Hall–Kier alpha value is -0.220. The molecule has 1 heterocycles. The van der Waals surface area contributed by atoms with E-state index in [0.717, 1.165) is 6.54 Å². The molecule has 13 heavy (non-hydrogen) atoms. The SMILES string of the molecule is COC(=O)CCNC1CCSC1C. The number of esters is 1. The van der Waals surface area contributed by atoms with E-state index in [4.69, 9.17) is 0 Å². The zero-order valence-electron chi connectivity index (χ0n) is 8.21. The van der Waals surface area contributed by atoms with E-state index in [0.29, 0.717) is 17.7 Å². The second-order valence-corrected chi connectivity index (χ2v) is 4.74. The maximum absolute atomic E-state index is 10.8. The van der Waals surface area contributed by atoms with Crippen LogP contribution < -0.4 is 5.32 Å². The lowest BCUT2D eigenvalue weighted by Gasteiger charge is -2.15. The van der Waals surface area contributed by atoms with Crippen LogP contribution in [0.2, 0.25) is 0 Å². The highest BCUT2D eigenvalue weighted by atomic mass is 32.2. The lowest BCUT2D eigenvalue weighted by molar-refractivity contribution is -0.140. The van der Waals surface area contributed by atoms with Gasteiger partial charge in [-0.15, -0.1) is 0 Å². The van der Waals surface area contributed by atoms with Crippen LogP contribution in [-0.2, 0) is 9.53 Å². The summed E-state index contributed by atoms with van der Waals surface area (Å²) in [5.74, 6) is 1.10. The van der Waals surface area contributed by atoms with Gasteiger partial charge in [0.15, 0.2) is 0 Å². The van der Waals surface area contributed by atoms with Crippen molar-refractivity contribution in [3.63, 3.8) is 0 Å². The third-order valence-corrected chi connectivity index (χ3v) is 3.67. The molecule has 0 aromatic heterocycles. The van der Waals surface area contributed by atoms with Gasteiger partial charge >= 0.3 is 5.97 Å². The van der Waals surface area contributed by atoms with Crippen LogP contribution in [0.4, 0.5) is 0 Å². The molecule has 0 saturated carbocycles. The number of thioether (sulfide) groups is 1. The Balaban J connectivity index is 2.08. The van der Waals surface area contributed by atoms with Gasteiger partial charge in [-0.05, 0) is 12.2 Å². The average molecular weight is 203 g/mol. The van der Waals surface area contributed by atoms with Crippen molar-refractivity contribution in [1.82, 2.24) is 5.32 Å². The van der Waals surface area contributed by atoms with Crippen molar-refractivity contribution in [2.24, 2.45) is 0 Å². The summed E-state index contributed by atoms with van der Waals surface area (Å²) >= 11 is 1.99. The van der Waals surface area contributed by atoms with Crippen molar-refractivity contribution in [3.05, 3.63) is 0 Å². The first-order chi connectivity index (χ1) is 6.24. The van der Waals surface area contributed by atoms with Gasteiger partial charge in [0, 0.05) is 17.8 Å². The quantitative estimate of drug-likeness (QED) is 0.693. The molecule has 0 spiro atoms. The standard InChI is InChI=1S/C9H17NO2S/c1-7-8(4-6-13-7)10-5-3-9(11)12-2/h7-8,10H,3-6H2,1-2H3. The molecular weight excluding hydrogens is 186 g/mol. The molecule has 2 atom stereocenters. The van der Waals surface area contributed by atoms with Gasteiger partial charge < -0.3 is 10.1 Å². The highest BCUT2D eigenvalue weighted by Gasteiger charge is 2.22. The molecule has 0 amide bonds. The monoisotopic (exact) mass is 203 g/mol. The molecule has 4 heteroatoms. The molecule has 1 saturated heterocycles. The summed E-state index contributed by atoms with van der Waals surface area (Å²) in [6.45, 7) is 2.97. The van der Waals surface area contributed by atoms with Gasteiger partial charge in [0.25, 0.3) is 0 Å². The number of carbonyl (C=O) groups excluding carboxylic acids is 1. The largest absolute Gasteiger partial charge is 0.469 e. The van der Waals surface area contributed by atoms with E-state index in [9.17, 15) is 4.79 Å². The number of methoxy groups -OCH3 is 1. The predicted molar refractivity (Wildman–Crippen MR) is 55.0 cm³/mol. The van der Waals surface area contributed by atoms with Gasteiger partial charge in [-0.25, -0.2) is 0 Å². The summed E-state index contributed by atoms with van der Waals surface area (Å²) in [4.78, 5) is 10.8. The summed E-state index contributed by atoms with van der Waals surface area (Å²) in [5, 5.41) is 4.05. The summed E-state index contributed by atoms with van der Waals surface area (Å²) < 4.78 is 4.56. The highest BCUT2D eigenvalue weighted by Crippen LogP contribution is 2.25. The summed E-state index contributed by atoms with van der Waals surface area (Å²) in [7, 11) is 1.43. The fourth-order valence-corrected chi connectivity index (χ4v) is 2.69. The fourth-order valence-electron chi connectivity index (χ4n) is 1.46. The van der Waals surface area contributed by atoms with Crippen LogP contribution in [0.25, 0.3) is 0 Å². The molecule has 0 aromatic rings. The van der Waals surface area contributed by atoms with E-state index in [2.05, 4.69) is 17.0 Å². The topological polar surface area (TPSA) is 38.3 Å². The van der Waals surface area contributed by atoms with Crippen molar-refractivity contribution >= 4 is 17.7 Å². The van der Waals surface area contributed by atoms with Crippen molar-refractivity contribution in [1.29, 1.82) is 0 Å². The highest BCUT2D eigenvalue weighted by molar-refractivity contribution is 8.00. The molecule has 1 rings (SSSR count). The van der Waals surface area contributed by atoms with E-state index >= 15 is 0 Å². The zero-order chi connectivity index (χ0) is 9.68. The van der Waals surface area contributed by atoms with Crippen LogP contribution in [0.5, 0.6) is 0 Å². The maximum atomic E-state index is 10.8. The first-order valence-corrected chi connectivity index (χ1v) is 5.70. The molecule has 76 valence electrons. The maximum Gasteiger partial charge on any atom is 0.306 e. The Labute approximate surface area is 83.6 Å². The van der Waals surface area contributed by atoms with E-state index in [-0.39, 0.29) is 5.97 Å². The molecule has 0 aliphatic carbocycles. The summed E-state index contributed by atoms with van der Waals surface area (Å²) in [6, 6.07) is 0.578. The minimum absolute atomic E-state index is 0.134. The van der Waals surface area contributed by atoms with Crippen molar-refractivity contribution in [3.8, 4) is 0 Å². The number of carbonyl (C=O) groups is 1. The van der Waals surface area contributed by atoms with E-state index in [1.807, 2.05) is 11.8 Å². The van der Waals surface area contributed by atoms with Gasteiger partial charge in [-0.1, -0.05) is 6.92 Å². The van der Waals surface area contributed by atoms with Gasteiger partial charge in [0.2, 0.25) is 0 Å². The first-order valence-electron chi connectivity index (χ1n) is 4.66. The van der Waals surface area contributed by atoms with Crippen LogP contribution >= 0.6 is 11.8 Å². The Morgan fingerprint density at radius 2 is 2.46 bits per heavy atom. The zero-order valence-corrected chi connectivity index (χ0v) is 9.02. The fraction of sp³-hybridized carbons (Fsp3) is 0.889. The second-order valence-electron chi connectivity index (χ2n) is 3.25. The molecule has 0 aromatic carbocycles. The van der Waals surface area contributed by atoms with E-state index < -0.39 is 0 Å². The van der Waals surface area contributed by atoms with Crippen LogP contribution in [-0.4, -0.2) is 36.7 Å². The lowest BCUT2D eigenvalue weighted by atomic mass is 10.2. The Kier molecular flexibility index (Phi) is 4.59. The molecular formula is C9H17NO2S. The molecule has 2 unspecified atom stereocenters. The van der Waals surface area contributed by atoms with E-state index in [1.54, 1.807) is 0 Å². The number of ether oxygens (including phenoxy) is 1. The minimum Gasteiger partial charge on any atom is -0.469 e. The van der Waals surface area contributed by atoms with Crippen LogP contribution in [0.3, 0.4) is 0 Å². The van der Waals surface area contributed by atoms with Gasteiger partial charge in [-0.3, -0.25) is 4.79 Å². The molecule has 1 N–H and O–H groups in total. The van der Waals surface area contributed by atoms with Crippen molar-refractivity contribution < 1.29 is 9.53 Å². The lowest BCUT2D eigenvalue weighted by Crippen LogP contribution is -2.34. The Morgan fingerprint density at radius 1 is 1.69 bits per heavy atom. The number of hydrogen-bond acceptors (Lipinski definition) is 4. The molecule has 1 aliphatic rings. The first kappa shape index (κ1) is 10.9. The summed E-state index contributed by atoms with van der Waals surface area (Å²) in [5.41, 5.74) is 0. The van der Waals surface area contributed by atoms with E-state index in [1.165, 1.54) is 19.3 Å². The minimum atomic E-state index is -0.134. The Bertz CT molecular complexity index is 175. The average Bonchev–Trinajstić information content (AvgIpc) is 2.52. The smallest absolute Gasteiger partial charge is 0.306 e. The van der Waals surface area contributed by atoms with Crippen molar-refractivity contribution in [2.45, 2.75) is 31.1 Å². The van der Waals surface area contributed by atoms with Gasteiger partial charge in [-0.2, -0.15) is 11.8 Å². The molecule has 1 aliphatic heterocycles. The summed E-state index contributed by atoms with van der Waals surface area (Å²) in [6.07, 6.45) is 1.69. The molecule has 1 fully saturated rings.